The standard InChI is InChI=1S/C28H43NO5/c1-19(31)28(2)18-29(27(32)17-30)16-24(28)22-11-14-25(33-3)26(15-22)34-23-12-9-21(10-13-23)20-7-5-4-6-8-20/h11,14-15,19-21,23-24,30-31H,4-10,12-13,16-18H2,1-3H3. The minimum atomic E-state index is -0.601. The smallest absolute Gasteiger partial charge is 0.248 e. The number of carbonyl (C=O) groups is 1. The van der Waals surface area contributed by atoms with Gasteiger partial charge in [0.25, 0.3) is 0 Å². The van der Waals surface area contributed by atoms with Crippen molar-refractivity contribution < 1.29 is 24.5 Å². The molecule has 1 saturated heterocycles. The van der Waals surface area contributed by atoms with Gasteiger partial charge in [-0.3, -0.25) is 4.79 Å². The highest BCUT2D eigenvalue weighted by Gasteiger charge is 2.48. The lowest BCUT2D eigenvalue weighted by Gasteiger charge is -2.36. The fourth-order valence-electron chi connectivity index (χ4n) is 6.68. The third-order valence-corrected chi connectivity index (χ3v) is 9.09. The Bertz CT molecular complexity index is 828. The Kier molecular flexibility index (Phi) is 8.08. The van der Waals surface area contributed by atoms with E-state index in [1.54, 1.807) is 18.9 Å². The molecule has 3 atom stereocenters. The normalized spacial score (nSPS) is 31.3. The number of carbonyl (C=O) groups excluding carboxylic acids is 1. The maximum absolute atomic E-state index is 12.2. The first kappa shape index (κ1) is 25.3. The molecule has 2 aliphatic carbocycles. The monoisotopic (exact) mass is 473 g/mol. The molecule has 4 rings (SSSR count). The summed E-state index contributed by atoms with van der Waals surface area (Å²) in [5.41, 5.74) is 0.526. The highest BCUT2D eigenvalue weighted by molar-refractivity contribution is 5.77. The van der Waals surface area contributed by atoms with E-state index in [4.69, 9.17) is 9.47 Å². The largest absolute Gasteiger partial charge is 0.493 e. The summed E-state index contributed by atoms with van der Waals surface area (Å²) in [6.07, 6.45) is 11.3. The van der Waals surface area contributed by atoms with Crippen molar-refractivity contribution in [2.45, 2.75) is 89.8 Å². The average molecular weight is 474 g/mol. The molecule has 1 aromatic carbocycles. The summed E-state index contributed by atoms with van der Waals surface area (Å²) in [6, 6.07) is 6.01. The first-order valence-electron chi connectivity index (χ1n) is 13.3. The third-order valence-electron chi connectivity index (χ3n) is 9.09. The lowest BCUT2D eigenvalue weighted by Crippen LogP contribution is -2.38. The molecule has 0 spiro atoms. The molecule has 2 N–H and O–H groups in total. The van der Waals surface area contributed by atoms with Gasteiger partial charge in [-0.2, -0.15) is 0 Å². The quantitative estimate of drug-likeness (QED) is 0.609. The van der Waals surface area contributed by atoms with Gasteiger partial charge in [-0.25, -0.2) is 0 Å². The van der Waals surface area contributed by atoms with Crippen molar-refractivity contribution in [1.29, 1.82) is 0 Å². The molecular formula is C28H43NO5. The number of likely N-dealkylation sites (tertiary alicyclic amines) is 1. The summed E-state index contributed by atoms with van der Waals surface area (Å²) in [5.74, 6) is 2.89. The molecule has 1 heterocycles. The lowest BCUT2D eigenvalue weighted by atomic mass is 9.72. The summed E-state index contributed by atoms with van der Waals surface area (Å²) >= 11 is 0. The maximum Gasteiger partial charge on any atom is 0.248 e. The van der Waals surface area contributed by atoms with Crippen molar-refractivity contribution in [1.82, 2.24) is 4.90 Å². The van der Waals surface area contributed by atoms with Crippen LogP contribution in [-0.4, -0.2) is 60.0 Å². The zero-order chi connectivity index (χ0) is 24.3. The molecule has 0 radical (unpaired) electrons. The van der Waals surface area contributed by atoms with Gasteiger partial charge < -0.3 is 24.6 Å². The van der Waals surface area contributed by atoms with E-state index < -0.39 is 18.1 Å². The van der Waals surface area contributed by atoms with Gasteiger partial charge >= 0.3 is 0 Å². The first-order chi connectivity index (χ1) is 16.4. The number of ether oxygens (including phenoxy) is 2. The van der Waals surface area contributed by atoms with Crippen LogP contribution < -0.4 is 9.47 Å². The second kappa shape index (κ2) is 10.9. The number of rotatable bonds is 7. The number of hydrogen-bond donors (Lipinski definition) is 2. The zero-order valence-corrected chi connectivity index (χ0v) is 21.2. The van der Waals surface area contributed by atoms with E-state index in [-0.39, 0.29) is 17.9 Å². The second-order valence-electron chi connectivity index (χ2n) is 11.1. The predicted molar refractivity (Wildman–Crippen MR) is 132 cm³/mol. The first-order valence-corrected chi connectivity index (χ1v) is 13.3. The van der Waals surface area contributed by atoms with Gasteiger partial charge in [0, 0.05) is 24.4 Å². The van der Waals surface area contributed by atoms with Gasteiger partial charge in [-0.05, 0) is 62.1 Å². The summed E-state index contributed by atoms with van der Waals surface area (Å²) in [5, 5.41) is 20.0. The van der Waals surface area contributed by atoms with Crippen molar-refractivity contribution in [3.8, 4) is 11.5 Å². The minimum Gasteiger partial charge on any atom is -0.493 e. The zero-order valence-electron chi connectivity index (χ0n) is 21.2. The van der Waals surface area contributed by atoms with Crippen LogP contribution in [0.2, 0.25) is 0 Å². The fourth-order valence-corrected chi connectivity index (χ4v) is 6.68. The number of nitrogens with zero attached hydrogens (tertiary/aromatic N) is 1. The number of benzene rings is 1. The molecule has 2 saturated carbocycles. The number of hydrogen-bond acceptors (Lipinski definition) is 5. The van der Waals surface area contributed by atoms with E-state index in [2.05, 4.69) is 0 Å². The Labute approximate surface area is 204 Å². The summed E-state index contributed by atoms with van der Waals surface area (Å²) in [7, 11) is 1.67. The molecule has 3 fully saturated rings. The highest BCUT2D eigenvalue weighted by Crippen LogP contribution is 2.47. The molecular weight excluding hydrogens is 430 g/mol. The Morgan fingerprint density at radius 2 is 1.76 bits per heavy atom. The summed E-state index contributed by atoms with van der Waals surface area (Å²) in [6.45, 7) is 4.18. The molecule has 3 unspecified atom stereocenters. The van der Waals surface area contributed by atoms with Crippen LogP contribution in [0.15, 0.2) is 18.2 Å². The average Bonchev–Trinajstić information content (AvgIpc) is 3.23. The van der Waals surface area contributed by atoms with Crippen molar-refractivity contribution in [3.05, 3.63) is 23.8 Å². The van der Waals surface area contributed by atoms with Crippen LogP contribution in [0.4, 0.5) is 0 Å². The Balaban J connectivity index is 1.48. The van der Waals surface area contributed by atoms with Gasteiger partial charge in [0.2, 0.25) is 5.91 Å². The molecule has 0 bridgehead atoms. The van der Waals surface area contributed by atoms with Crippen LogP contribution in [0.1, 0.15) is 83.1 Å². The van der Waals surface area contributed by atoms with Crippen molar-refractivity contribution in [3.63, 3.8) is 0 Å². The molecule has 1 aromatic rings. The van der Waals surface area contributed by atoms with E-state index in [0.717, 1.165) is 41.7 Å². The Hall–Kier alpha value is -1.79. The van der Waals surface area contributed by atoms with Crippen LogP contribution in [0.5, 0.6) is 11.5 Å². The summed E-state index contributed by atoms with van der Waals surface area (Å²) in [4.78, 5) is 13.9. The number of methoxy groups -OCH3 is 1. The van der Waals surface area contributed by atoms with Gasteiger partial charge in [0.15, 0.2) is 11.5 Å². The minimum absolute atomic E-state index is 0.0571. The Morgan fingerprint density at radius 3 is 2.38 bits per heavy atom. The molecule has 6 heteroatoms. The molecule has 1 aliphatic heterocycles. The fraction of sp³-hybridized carbons (Fsp3) is 0.750. The van der Waals surface area contributed by atoms with Crippen LogP contribution in [0.25, 0.3) is 0 Å². The van der Waals surface area contributed by atoms with Gasteiger partial charge in [-0.15, -0.1) is 0 Å². The molecule has 1 amide bonds. The summed E-state index contributed by atoms with van der Waals surface area (Å²) < 4.78 is 12.2. The van der Waals surface area contributed by atoms with Crippen LogP contribution in [0.3, 0.4) is 0 Å². The second-order valence-corrected chi connectivity index (χ2v) is 11.1. The van der Waals surface area contributed by atoms with E-state index >= 15 is 0 Å². The topological polar surface area (TPSA) is 79.2 Å². The van der Waals surface area contributed by atoms with Crippen LogP contribution in [-0.2, 0) is 4.79 Å². The molecule has 190 valence electrons. The molecule has 6 nitrogen and oxygen atoms in total. The van der Waals surface area contributed by atoms with E-state index in [0.29, 0.717) is 13.1 Å². The van der Waals surface area contributed by atoms with Crippen molar-refractivity contribution >= 4 is 5.91 Å². The van der Waals surface area contributed by atoms with Crippen molar-refractivity contribution in [2.75, 3.05) is 26.8 Å². The van der Waals surface area contributed by atoms with Crippen LogP contribution in [0, 0.1) is 17.3 Å². The van der Waals surface area contributed by atoms with Gasteiger partial charge in [0.1, 0.15) is 6.61 Å². The van der Waals surface area contributed by atoms with E-state index in [1.807, 2.05) is 25.1 Å². The predicted octanol–water partition coefficient (Wildman–Crippen LogP) is 4.52. The SMILES string of the molecule is COc1ccc(C2CN(C(=O)CO)CC2(C)C(C)O)cc1OC1CCC(C2CCCCC2)CC1. The lowest BCUT2D eigenvalue weighted by molar-refractivity contribution is -0.133. The molecule has 0 aromatic heterocycles. The maximum atomic E-state index is 12.2. The third kappa shape index (κ3) is 5.23. The highest BCUT2D eigenvalue weighted by atomic mass is 16.5. The van der Waals surface area contributed by atoms with Crippen molar-refractivity contribution in [2.24, 2.45) is 17.3 Å². The number of aliphatic hydroxyl groups is 2. The molecule has 3 aliphatic rings. The van der Waals surface area contributed by atoms with E-state index in [1.165, 1.54) is 44.9 Å². The molecule has 34 heavy (non-hydrogen) atoms. The van der Waals surface area contributed by atoms with E-state index in [9.17, 15) is 15.0 Å². The van der Waals surface area contributed by atoms with Gasteiger partial charge in [-0.1, -0.05) is 45.1 Å². The number of aliphatic hydroxyl groups excluding tert-OH is 2. The Morgan fingerprint density at radius 1 is 1.09 bits per heavy atom. The van der Waals surface area contributed by atoms with Gasteiger partial charge in [0.05, 0.1) is 19.3 Å². The number of amides is 1. The van der Waals surface area contributed by atoms with Crippen LogP contribution >= 0.6 is 0 Å².